The lowest BCUT2D eigenvalue weighted by atomic mass is 10.2. The number of carbonyl (C=O) groups excluding carboxylic acids is 2. The van der Waals surface area contributed by atoms with Crippen LogP contribution in [-0.2, 0) is 0 Å². The summed E-state index contributed by atoms with van der Waals surface area (Å²) in [6, 6.07) is 2.03. The highest BCUT2D eigenvalue weighted by Gasteiger charge is 2.37. The van der Waals surface area contributed by atoms with E-state index in [1.165, 1.54) is 11.3 Å². The SMILES string of the molecule is Cc1cc(C(=O)N2CCN3C(=O)NCC3C2)sc1Br. The van der Waals surface area contributed by atoms with E-state index in [9.17, 15) is 9.59 Å². The van der Waals surface area contributed by atoms with Gasteiger partial charge in [-0.1, -0.05) is 0 Å². The summed E-state index contributed by atoms with van der Waals surface area (Å²) in [4.78, 5) is 28.4. The van der Waals surface area contributed by atoms with Crippen molar-refractivity contribution in [2.45, 2.75) is 13.0 Å². The minimum Gasteiger partial charge on any atom is -0.336 e. The third-order valence-corrected chi connectivity index (χ3v) is 5.71. The van der Waals surface area contributed by atoms with Crippen LogP contribution in [0, 0.1) is 6.92 Å². The Balaban J connectivity index is 1.73. The Bertz CT molecular complexity index is 526. The maximum absolute atomic E-state index is 12.4. The molecule has 2 saturated heterocycles. The maximum atomic E-state index is 12.4. The molecule has 0 bridgehead atoms. The number of thiophene rings is 1. The molecule has 102 valence electrons. The largest absolute Gasteiger partial charge is 0.336 e. The molecule has 0 aliphatic carbocycles. The summed E-state index contributed by atoms with van der Waals surface area (Å²) in [5.74, 6) is 0.0674. The van der Waals surface area contributed by atoms with Gasteiger partial charge in [-0.25, -0.2) is 4.79 Å². The summed E-state index contributed by atoms with van der Waals surface area (Å²) in [5.41, 5.74) is 1.09. The molecular formula is C12H14BrN3O2S. The van der Waals surface area contributed by atoms with E-state index >= 15 is 0 Å². The van der Waals surface area contributed by atoms with E-state index in [4.69, 9.17) is 0 Å². The van der Waals surface area contributed by atoms with Crippen molar-refractivity contribution >= 4 is 39.2 Å². The quantitative estimate of drug-likeness (QED) is 0.843. The Morgan fingerprint density at radius 3 is 3.00 bits per heavy atom. The van der Waals surface area contributed by atoms with Gasteiger partial charge in [0.15, 0.2) is 0 Å². The molecular weight excluding hydrogens is 330 g/mol. The zero-order valence-electron chi connectivity index (χ0n) is 10.5. The fourth-order valence-electron chi connectivity index (χ4n) is 2.51. The van der Waals surface area contributed by atoms with Gasteiger partial charge in [-0.05, 0) is 34.5 Å². The Hall–Kier alpha value is -1.08. The molecule has 1 aromatic heterocycles. The second kappa shape index (κ2) is 4.79. The first-order valence-electron chi connectivity index (χ1n) is 6.16. The number of piperazine rings is 1. The number of hydrogen-bond acceptors (Lipinski definition) is 3. The van der Waals surface area contributed by atoms with E-state index in [0.29, 0.717) is 26.2 Å². The summed E-state index contributed by atoms with van der Waals surface area (Å²) in [5, 5.41) is 2.82. The van der Waals surface area contributed by atoms with Gasteiger partial charge in [-0.3, -0.25) is 4.79 Å². The van der Waals surface area contributed by atoms with Gasteiger partial charge < -0.3 is 15.1 Å². The molecule has 0 spiro atoms. The molecule has 5 nitrogen and oxygen atoms in total. The minimum atomic E-state index is -0.00758. The Kier molecular flexibility index (Phi) is 3.26. The average molecular weight is 344 g/mol. The smallest absolute Gasteiger partial charge is 0.317 e. The van der Waals surface area contributed by atoms with Crippen molar-refractivity contribution in [1.82, 2.24) is 15.1 Å². The van der Waals surface area contributed by atoms with E-state index < -0.39 is 0 Å². The summed E-state index contributed by atoms with van der Waals surface area (Å²) in [7, 11) is 0. The van der Waals surface area contributed by atoms with Crippen LogP contribution in [0.2, 0.25) is 0 Å². The van der Waals surface area contributed by atoms with Crippen LogP contribution in [0.1, 0.15) is 15.2 Å². The monoisotopic (exact) mass is 343 g/mol. The topological polar surface area (TPSA) is 52.7 Å². The van der Waals surface area contributed by atoms with Crippen molar-refractivity contribution in [2.24, 2.45) is 0 Å². The Morgan fingerprint density at radius 2 is 2.32 bits per heavy atom. The van der Waals surface area contributed by atoms with E-state index in [1.807, 2.05) is 22.8 Å². The molecule has 2 fully saturated rings. The second-order valence-corrected chi connectivity index (χ2v) is 7.22. The number of nitrogens with one attached hydrogen (secondary N) is 1. The molecule has 1 N–H and O–H groups in total. The number of urea groups is 1. The van der Waals surface area contributed by atoms with Crippen LogP contribution >= 0.6 is 27.3 Å². The molecule has 1 atom stereocenters. The molecule has 1 aromatic rings. The highest BCUT2D eigenvalue weighted by molar-refractivity contribution is 9.11. The van der Waals surface area contributed by atoms with Crippen LogP contribution in [-0.4, -0.2) is 54.0 Å². The van der Waals surface area contributed by atoms with Gasteiger partial charge in [0.1, 0.15) is 0 Å². The number of rotatable bonds is 1. The fraction of sp³-hybridized carbons (Fsp3) is 0.500. The van der Waals surface area contributed by atoms with E-state index in [0.717, 1.165) is 14.2 Å². The van der Waals surface area contributed by atoms with Crippen LogP contribution in [0.25, 0.3) is 0 Å². The van der Waals surface area contributed by atoms with Crippen molar-refractivity contribution in [1.29, 1.82) is 0 Å². The first-order valence-corrected chi connectivity index (χ1v) is 7.77. The van der Waals surface area contributed by atoms with E-state index in [-0.39, 0.29) is 18.0 Å². The number of aryl methyl sites for hydroxylation is 1. The third kappa shape index (κ3) is 2.25. The average Bonchev–Trinajstić information content (AvgIpc) is 2.93. The number of amides is 3. The lowest BCUT2D eigenvalue weighted by Crippen LogP contribution is -2.53. The molecule has 19 heavy (non-hydrogen) atoms. The summed E-state index contributed by atoms with van der Waals surface area (Å²) >= 11 is 4.92. The van der Waals surface area contributed by atoms with Crippen molar-refractivity contribution in [2.75, 3.05) is 26.2 Å². The fourth-order valence-corrected chi connectivity index (χ4v) is 4.01. The van der Waals surface area contributed by atoms with Gasteiger partial charge in [0.05, 0.1) is 14.7 Å². The number of halogens is 1. The number of hydrogen-bond donors (Lipinski definition) is 1. The number of carbonyl (C=O) groups is 2. The summed E-state index contributed by atoms with van der Waals surface area (Å²) in [6.07, 6.45) is 0. The normalized spacial score (nSPS) is 22.4. The molecule has 3 amide bonds. The van der Waals surface area contributed by atoms with Crippen LogP contribution in [0.5, 0.6) is 0 Å². The highest BCUT2D eigenvalue weighted by atomic mass is 79.9. The highest BCUT2D eigenvalue weighted by Crippen LogP contribution is 2.29. The molecule has 3 rings (SSSR count). The van der Waals surface area contributed by atoms with Crippen molar-refractivity contribution < 1.29 is 9.59 Å². The zero-order chi connectivity index (χ0) is 13.6. The van der Waals surface area contributed by atoms with E-state index in [1.54, 1.807) is 0 Å². The third-order valence-electron chi connectivity index (χ3n) is 3.59. The molecule has 0 saturated carbocycles. The number of nitrogens with zero attached hydrogens (tertiary/aromatic N) is 2. The first-order chi connectivity index (χ1) is 9.06. The van der Waals surface area contributed by atoms with E-state index in [2.05, 4.69) is 21.2 Å². The summed E-state index contributed by atoms with van der Waals surface area (Å²) in [6.45, 7) is 4.46. The van der Waals surface area contributed by atoms with Crippen molar-refractivity contribution in [3.8, 4) is 0 Å². The van der Waals surface area contributed by atoms with Gasteiger partial charge in [0.2, 0.25) is 0 Å². The number of fused-ring (bicyclic) bond motifs is 1. The minimum absolute atomic E-state index is 0.00758. The van der Waals surface area contributed by atoms with Crippen LogP contribution in [0.4, 0.5) is 4.79 Å². The predicted molar refractivity (Wildman–Crippen MR) is 76.6 cm³/mol. The molecule has 2 aliphatic rings. The van der Waals surface area contributed by atoms with Crippen molar-refractivity contribution in [3.05, 3.63) is 20.3 Å². The molecule has 2 aliphatic heterocycles. The molecule has 3 heterocycles. The van der Waals surface area contributed by atoms with Crippen LogP contribution < -0.4 is 5.32 Å². The zero-order valence-corrected chi connectivity index (χ0v) is 12.9. The molecule has 7 heteroatoms. The summed E-state index contributed by atoms with van der Waals surface area (Å²) < 4.78 is 1.01. The molecule has 0 aromatic carbocycles. The standard InChI is InChI=1S/C12H14BrN3O2S/c1-7-4-9(19-10(7)13)11(17)15-2-3-16-8(6-15)5-14-12(16)18/h4,8H,2-3,5-6H2,1H3,(H,14,18). The maximum Gasteiger partial charge on any atom is 0.317 e. The Morgan fingerprint density at radius 1 is 1.53 bits per heavy atom. The predicted octanol–water partition coefficient (Wildman–Crippen LogP) is 1.67. The van der Waals surface area contributed by atoms with Crippen LogP contribution in [0.3, 0.4) is 0 Å². The Labute approximate surface area is 123 Å². The molecule has 1 unspecified atom stereocenters. The molecule has 0 radical (unpaired) electrons. The van der Waals surface area contributed by atoms with Gasteiger partial charge in [0.25, 0.3) is 5.91 Å². The van der Waals surface area contributed by atoms with Gasteiger partial charge in [-0.15, -0.1) is 11.3 Å². The first kappa shape index (κ1) is 12.9. The lowest BCUT2D eigenvalue weighted by molar-refractivity contribution is 0.0621. The van der Waals surface area contributed by atoms with Crippen LogP contribution in [0.15, 0.2) is 9.85 Å². The lowest BCUT2D eigenvalue weighted by Gasteiger charge is -2.36. The van der Waals surface area contributed by atoms with Gasteiger partial charge in [0, 0.05) is 26.2 Å². The van der Waals surface area contributed by atoms with Gasteiger partial charge >= 0.3 is 6.03 Å². The second-order valence-electron chi connectivity index (χ2n) is 4.85. The van der Waals surface area contributed by atoms with Gasteiger partial charge in [-0.2, -0.15) is 0 Å². The van der Waals surface area contributed by atoms with Crippen molar-refractivity contribution in [3.63, 3.8) is 0 Å².